The minimum absolute atomic E-state index is 0.387. The summed E-state index contributed by atoms with van der Waals surface area (Å²) in [6, 6.07) is 1.41. The van der Waals surface area contributed by atoms with Gasteiger partial charge in [-0.15, -0.1) is 0 Å². The average molecular weight is 264 g/mol. The Balaban J connectivity index is 1.44. The van der Waals surface area contributed by atoms with E-state index in [0.29, 0.717) is 23.9 Å². The van der Waals surface area contributed by atoms with Gasteiger partial charge in [0.25, 0.3) is 0 Å². The number of piperidine rings is 1. The molecule has 0 spiro atoms. The van der Waals surface area contributed by atoms with Crippen LogP contribution in [0.1, 0.15) is 57.8 Å². The lowest BCUT2D eigenvalue weighted by molar-refractivity contribution is -0.131. The van der Waals surface area contributed by atoms with Gasteiger partial charge in [-0.1, -0.05) is 12.8 Å². The average Bonchev–Trinajstić information content (AvgIpc) is 2.99. The maximum absolute atomic E-state index is 12.3. The second-order valence-electron chi connectivity index (χ2n) is 7.10. The molecule has 1 saturated carbocycles. The maximum atomic E-state index is 12.3. The number of amides is 1. The standard InChI is InChI=1S/C16H28N2O/c1-18(11-12-4-2-3-5-12)16(19)10-13-8-14-6-7-15(9-13)17-14/h12-15,17H,2-11H2,1H3. The molecule has 3 heteroatoms. The Hall–Kier alpha value is -0.570. The second kappa shape index (κ2) is 5.82. The number of hydrogen-bond donors (Lipinski definition) is 1. The molecule has 1 N–H and O–H groups in total. The highest BCUT2D eigenvalue weighted by atomic mass is 16.2. The summed E-state index contributed by atoms with van der Waals surface area (Å²) < 4.78 is 0. The van der Waals surface area contributed by atoms with Gasteiger partial charge < -0.3 is 10.2 Å². The van der Waals surface area contributed by atoms with Crippen molar-refractivity contribution in [3.63, 3.8) is 0 Å². The SMILES string of the molecule is CN(CC1CCCC1)C(=O)CC1CC2CCC(C1)N2. The highest BCUT2D eigenvalue weighted by Gasteiger charge is 2.34. The number of fused-ring (bicyclic) bond motifs is 2. The smallest absolute Gasteiger partial charge is 0.222 e. The van der Waals surface area contributed by atoms with Crippen LogP contribution in [0.4, 0.5) is 0 Å². The van der Waals surface area contributed by atoms with Crippen molar-refractivity contribution in [2.75, 3.05) is 13.6 Å². The number of nitrogens with zero attached hydrogens (tertiary/aromatic N) is 1. The second-order valence-corrected chi connectivity index (χ2v) is 7.10. The topological polar surface area (TPSA) is 32.3 Å². The van der Waals surface area contributed by atoms with E-state index in [1.807, 2.05) is 11.9 Å². The van der Waals surface area contributed by atoms with Gasteiger partial charge in [0.1, 0.15) is 0 Å². The number of rotatable bonds is 4. The molecule has 2 atom stereocenters. The summed E-state index contributed by atoms with van der Waals surface area (Å²) in [5, 5.41) is 3.66. The van der Waals surface area contributed by atoms with Crippen molar-refractivity contribution in [2.45, 2.75) is 69.9 Å². The normalized spacial score (nSPS) is 34.7. The molecule has 2 unspecified atom stereocenters. The summed E-state index contributed by atoms with van der Waals surface area (Å²) in [4.78, 5) is 14.4. The Bertz CT molecular complexity index is 313. The fourth-order valence-electron chi connectivity index (χ4n) is 4.43. The van der Waals surface area contributed by atoms with E-state index in [0.717, 1.165) is 18.9 Å². The Morgan fingerprint density at radius 3 is 2.32 bits per heavy atom. The molecule has 2 bridgehead atoms. The van der Waals surface area contributed by atoms with Crippen LogP contribution >= 0.6 is 0 Å². The molecule has 0 aromatic heterocycles. The molecule has 1 aliphatic carbocycles. The largest absolute Gasteiger partial charge is 0.345 e. The van der Waals surface area contributed by atoms with Crippen LogP contribution in [0.25, 0.3) is 0 Å². The first-order valence-corrected chi connectivity index (χ1v) is 8.20. The van der Waals surface area contributed by atoms with Crippen LogP contribution < -0.4 is 5.32 Å². The molecule has 2 heterocycles. The lowest BCUT2D eigenvalue weighted by Gasteiger charge is -2.30. The summed E-state index contributed by atoms with van der Waals surface area (Å²) in [5.74, 6) is 1.80. The molecule has 0 aromatic carbocycles. The van der Waals surface area contributed by atoms with Crippen molar-refractivity contribution < 1.29 is 4.79 Å². The predicted molar refractivity (Wildman–Crippen MR) is 76.9 cm³/mol. The van der Waals surface area contributed by atoms with Crippen molar-refractivity contribution >= 4 is 5.91 Å². The minimum Gasteiger partial charge on any atom is -0.345 e. The van der Waals surface area contributed by atoms with E-state index >= 15 is 0 Å². The molecule has 3 fully saturated rings. The van der Waals surface area contributed by atoms with Gasteiger partial charge in [-0.2, -0.15) is 0 Å². The van der Waals surface area contributed by atoms with Crippen LogP contribution in [0.3, 0.4) is 0 Å². The number of carbonyl (C=O) groups excluding carboxylic acids is 1. The van der Waals surface area contributed by atoms with Gasteiger partial charge in [0, 0.05) is 32.1 Å². The summed E-state index contributed by atoms with van der Waals surface area (Å²) in [6.45, 7) is 0.997. The van der Waals surface area contributed by atoms with Gasteiger partial charge in [0.05, 0.1) is 0 Å². The van der Waals surface area contributed by atoms with E-state index < -0.39 is 0 Å². The number of carbonyl (C=O) groups is 1. The first-order chi connectivity index (χ1) is 9.20. The molecule has 2 saturated heterocycles. The van der Waals surface area contributed by atoms with Crippen LogP contribution in [0, 0.1) is 11.8 Å². The zero-order valence-corrected chi connectivity index (χ0v) is 12.2. The summed E-state index contributed by atoms with van der Waals surface area (Å²) in [7, 11) is 2.01. The minimum atomic E-state index is 0.387. The van der Waals surface area contributed by atoms with Gasteiger partial charge in [0.15, 0.2) is 0 Å². The molecule has 108 valence electrons. The van der Waals surface area contributed by atoms with Crippen LogP contribution in [0.15, 0.2) is 0 Å². The predicted octanol–water partition coefficient (Wildman–Crippen LogP) is 2.56. The molecule has 0 aromatic rings. The first kappa shape index (κ1) is 13.4. The van der Waals surface area contributed by atoms with Gasteiger partial charge in [-0.3, -0.25) is 4.79 Å². The van der Waals surface area contributed by atoms with E-state index in [1.54, 1.807) is 0 Å². The van der Waals surface area contributed by atoms with Crippen molar-refractivity contribution in [3.05, 3.63) is 0 Å². The lowest BCUT2D eigenvalue weighted by atomic mass is 9.89. The molecule has 1 amide bonds. The molecular weight excluding hydrogens is 236 g/mol. The molecule has 0 radical (unpaired) electrons. The van der Waals surface area contributed by atoms with Gasteiger partial charge in [-0.05, 0) is 50.4 Å². The molecule has 19 heavy (non-hydrogen) atoms. The third-order valence-electron chi connectivity index (χ3n) is 5.47. The van der Waals surface area contributed by atoms with E-state index in [-0.39, 0.29) is 0 Å². The Labute approximate surface area is 117 Å². The van der Waals surface area contributed by atoms with Crippen molar-refractivity contribution in [1.82, 2.24) is 10.2 Å². The van der Waals surface area contributed by atoms with Crippen LogP contribution in [0.5, 0.6) is 0 Å². The van der Waals surface area contributed by atoms with Gasteiger partial charge >= 0.3 is 0 Å². The fourth-order valence-corrected chi connectivity index (χ4v) is 4.43. The van der Waals surface area contributed by atoms with Crippen LogP contribution in [-0.4, -0.2) is 36.5 Å². The molecule has 3 nitrogen and oxygen atoms in total. The Kier molecular flexibility index (Phi) is 4.11. The van der Waals surface area contributed by atoms with E-state index in [4.69, 9.17) is 0 Å². The maximum Gasteiger partial charge on any atom is 0.222 e. The van der Waals surface area contributed by atoms with Crippen LogP contribution in [-0.2, 0) is 4.79 Å². The first-order valence-electron chi connectivity index (χ1n) is 8.20. The molecule has 3 rings (SSSR count). The zero-order chi connectivity index (χ0) is 13.2. The van der Waals surface area contributed by atoms with Gasteiger partial charge in [-0.25, -0.2) is 0 Å². The number of hydrogen-bond acceptors (Lipinski definition) is 2. The van der Waals surface area contributed by atoms with Crippen molar-refractivity contribution in [1.29, 1.82) is 0 Å². The monoisotopic (exact) mass is 264 g/mol. The lowest BCUT2D eigenvalue weighted by Crippen LogP contribution is -2.40. The summed E-state index contributed by atoms with van der Waals surface area (Å²) in [6.07, 6.45) is 11.3. The third kappa shape index (κ3) is 3.31. The van der Waals surface area contributed by atoms with Crippen molar-refractivity contribution in [3.8, 4) is 0 Å². The highest BCUT2D eigenvalue weighted by molar-refractivity contribution is 5.76. The van der Waals surface area contributed by atoms with E-state index in [9.17, 15) is 4.79 Å². The molecular formula is C16H28N2O. The van der Waals surface area contributed by atoms with E-state index in [2.05, 4.69) is 5.32 Å². The highest BCUT2D eigenvalue weighted by Crippen LogP contribution is 2.33. The Morgan fingerprint density at radius 1 is 1.05 bits per heavy atom. The Morgan fingerprint density at radius 2 is 1.68 bits per heavy atom. The molecule has 3 aliphatic rings. The third-order valence-corrected chi connectivity index (χ3v) is 5.47. The summed E-state index contributed by atoms with van der Waals surface area (Å²) >= 11 is 0. The van der Waals surface area contributed by atoms with Gasteiger partial charge in [0.2, 0.25) is 5.91 Å². The van der Waals surface area contributed by atoms with Crippen molar-refractivity contribution in [2.24, 2.45) is 11.8 Å². The fraction of sp³-hybridized carbons (Fsp3) is 0.938. The molecule has 2 aliphatic heterocycles. The quantitative estimate of drug-likeness (QED) is 0.846. The summed E-state index contributed by atoms with van der Waals surface area (Å²) in [5.41, 5.74) is 0. The van der Waals surface area contributed by atoms with E-state index in [1.165, 1.54) is 51.4 Å². The van der Waals surface area contributed by atoms with Crippen LogP contribution in [0.2, 0.25) is 0 Å². The zero-order valence-electron chi connectivity index (χ0n) is 12.2. The number of nitrogens with one attached hydrogen (secondary N) is 1.